The molecule has 0 saturated carbocycles. The predicted octanol–water partition coefficient (Wildman–Crippen LogP) is 4.16. The van der Waals surface area contributed by atoms with E-state index < -0.39 is 17.0 Å². The zero-order valence-corrected chi connectivity index (χ0v) is 13.0. The molecule has 0 aromatic carbocycles. The Kier molecular flexibility index (Phi) is 6.51. The van der Waals surface area contributed by atoms with Crippen LogP contribution in [0.4, 0.5) is 0 Å². The van der Waals surface area contributed by atoms with Crippen molar-refractivity contribution in [3.05, 3.63) is 12.2 Å². The normalized spacial score (nSPS) is 14.4. The minimum Gasteiger partial charge on any atom is -0.228 e. The van der Waals surface area contributed by atoms with Crippen LogP contribution in [0, 0.1) is 0 Å². The third-order valence-electron chi connectivity index (χ3n) is 1.57. The predicted molar refractivity (Wildman–Crippen MR) is 71.7 cm³/mol. The largest absolute Gasteiger partial charge is 0.249 e. The molecule has 0 amide bonds. The van der Waals surface area contributed by atoms with Crippen molar-refractivity contribution in [2.45, 2.75) is 78.8 Å². The van der Waals surface area contributed by atoms with Gasteiger partial charge in [-0.15, -0.1) is 0 Å². The summed E-state index contributed by atoms with van der Waals surface area (Å²) in [5.41, 5.74) is -0.821. The van der Waals surface area contributed by atoms with E-state index in [1.165, 1.54) is 0 Å². The molecule has 0 aromatic heterocycles. The van der Waals surface area contributed by atoms with Crippen molar-refractivity contribution >= 4 is 0 Å². The Morgan fingerprint density at radius 2 is 1.11 bits per heavy atom. The highest BCUT2D eigenvalue weighted by atomic mass is 17.3. The zero-order valence-electron chi connectivity index (χ0n) is 13.0. The van der Waals surface area contributed by atoms with Gasteiger partial charge in [-0.2, -0.15) is 9.78 Å². The first-order valence-corrected chi connectivity index (χ1v) is 6.39. The van der Waals surface area contributed by atoms with Crippen LogP contribution in [-0.4, -0.2) is 17.0 Å². The molecule has 0 saturated heterocycles. The molecule has 4 nitrogen and oxygen atoms in total. The second-order valence-electron chi connectivity index (χ2n) is 6.38. The summed E-state index contributed by atoms with van der Waals surface area (Å²) in [6.07, 6.45) is 4.61. The number of hydrogen-bond acceptors (Lipinski definition) is 4. The number of rotatable bonds is 6. The van der Waals surface area contributed by atoms with Gasteiger partial charge in [0.2, 0.25) is 5.79 Å². The molecular formula is C14H28O4. The van der Waals surface area contributed by atoms with Gasteiger partial charge in [0.1, 0.15) is 0 Å². The lowest BCUT2D eigenvalue weighted by Gasteiger charge is -2.30. The molecule has 0 aromatic rings. The van der Waals surface area contributed by atoms with Crippen LogP contribution >= 0.6 is 0 Å². The molecule has 0 rings (SSSR count). The Bertz CT molecular complexity index is 240. The first-order valence-electron chi connectivity index (χ1n) is 6.39. The Morgan fingerprint density at radius 1 is 0.722 bits per heavy atom. The van der Waals surface area contributed by atoms with Gasteiger partial charge in [-0.3, -0.25) is 0 Å². The minimum absolute atomic E-state index is 0.410. The molecular weight excluding hydrogens is 232 g/mol. The van der Waals surface area contributed by atoms with Crippen LogP contribution in [0.2, 0.25) is 0 Å². The highest BCUT2D eigenvalue weighted by Crippen LogP contribution is 2.22. The van der Waals surface area contributed by atoms with E-state index in [0.717, 1.165) is 6.42 Å². The molecule has 0 N–H and O–H groups in total. The summed E-state index contributed by atoms with van der Waals surface area (Å²) in [5, 5.41) is 0. The van der Waals surface area contributed by atoms with E-state index in [1.807, 2.05) is 54.5 Å². The first kappa shape index (κ1) is 17.6. The maximum absolute atomic E-state index is 5.36. The highest BCUT2D eigenvalue weighted by Gasteiger charge is 2.30. The third-order valence-corrected chi connectivity index (χ3v) is 1.57. The van der Waals surface area contributed by atoms with Crippen molar-refractivity contribution in [1.82, 2.24) is 0 Å². The summed E-state index contributed by atoms with van der Waals surface area (Å²) < 4.78 is 0. The molecule has 0 heterocycles. The standard InChI is InChI=1S/C14H28O4/c1-9-10-11-14(8,17-15-12(2,3)4)18-16-13(5,6)7/h10-11H,9H2,1-8H3/b11-10+. The topological polar surface area (TPSA) is 36.9 Å². The van der Waals surface area contributed by atoms with Gasteiger partial charge in [0, 0.05) is 0 Å². The molecule has 0 bridgehead atoms. The van der Waals surface area contributed by atoms with Crippen molar-refractivity contribution < 1.29 is 19.6 Å². The zero-order chi connectivity index (χ0) is 14.4. The fourth-order valence-electron chi connectivity index (χ4n) is 0.817. The van der Waals surface area contributed by atoms with Gasteiger partial charge in [0.05, 0.1) is 11.2 Å². The van der Waals surface area contributed by atoms with Crippen LogP contribution < -0.4 is 0 Å². The molecule has 18 heavy (non-hydrogen) atoms. The summed E-state index contributed by atoms with van der Waals surface area (Å²) in [6, 6.07) is 0. The van der Waals surface area contributed by atoms with E-state index in [9.17, 15) is 0 Å². The van der Waals surface area contributed by atoms with Crippen LogP contribution in [0.3, 0.4) is 0 Å². The van der Waals surface area contributed by atoms with Crippen LogP contribution in [0.1, 0.15) is 61.8 Å². The lowest BCUT2D eigenvalue weighted by atomic mass is 10.2. The Labute approximate surface area is 111 Å². The molecule has 108 valence electrons. The number of allylic oxidation sites excluding steroid dienone is 1. The van der Waals surface area contributed by atoms with E-state index in [1.54, 1.807) is 13.0 Å². The Morgan fingerprint density at radius 3 is 1.39 bits per heavy atom. The first-order chi connectivity index (χ1) is 7.97. The molecule has 0 aliphatic carbocycles. The van der Waals surface area contributed by atoms with Gasteiger partial charge in [0.25, 0.3) is 0 Å². The van der Waals surface area contributed by atoms with Gasteiger partial charge in [-0.1, -0.05) is 13.0 Å². The maximum atomic E-state index is 5.36. The molecule has 0 atom stereocenters. The lowest BCUT2D eigenvalue weighted by Crippen LogP contribution is -2.37. The van der Waals surface area contributed by atoms with Gasteiger partial charge in [-0.05, 0) is 61.0 Å². The van der Waals surface area contributed by atoms with Crippen LogP contribution in [0.5, 0.6) is 0 Å². The van der Waals surface area contributed by atoms with Crippen molar-refractivity contribution in [1.29, 1.82) is 0 Å². The van der Waals surface area contributed by atoms with Crippen LogP contribution in [-0.2, 0) is 19.6 Å². The van der Waals surface area contributed by atoms with Crippen LogP contribution in [0.25, 0.3) is 0 Å². The Balaban J connectivity index is 4.57. The summed E-state index contributed by atoms with van der Waals surface area (Å²) in [7, 11) is 0. The quantitative estimate of drug-likeness (QED) is 0.311. The number of hydrogen-bond donors (Lipinski definition) is 0. The minimum atomic E-state index is -1.06. The van der Waals surface area contributed by atoms with Crippen molar-refractivity contribution in [2.75, 3.05) is 0 Å². The highest BCUT2D eigenvalue weighted by molar-refractivity contribution is 4.92. The van der Waals surface area contributed by atoms with Gasteiger partial charge < -0.3 is 0 Å². The van der Waals surface area contributed by atoms with E-state index >= 15 is 0 Å². The van der Waals surface area contributed by atoms with Gasteiger partial charge in [0.15, 0.2) is 0 Å². The fourth-order valence-corrected chi connectivity index (χ4v) is 0.817. The van der Waals surface area contributed by atoms with Gasteiger partial charge in [-0.25, -0.2) is 9.78 Å². The second-order valence-corrected chi connectivity index (χ2v) is 6.38. The molecule has 0 aliphatic rings. The Hall–Kier alpha value is -0.420. The molecule has 0 radical (unpaired) electrons. The van der Waals surface area contributed by atoms with E-state index in [0.29, 0.717) is 0 Å². The van der Waals surface area contributed by atoms with E-state index in [-0.39, 0.29) is 0 Å². The monoisotopic (exact) mass is 260 g/mol. The molecule has 0 unspecified atom stereocenters. The van der Waals surface area contributed by atoms with Crippen molar-refractivity contribution in [2.24, 2.45) is 0 Å². The SMILES string of the molecule is CC/C=C/C(C)(OOC(C)(C)C)OOC(C)(C)C. The summed E-state index contributed by atoms with van der Waals surface area (Å²) >= 11 is 0. The maximum Gasteiger partial charge on any atom is 0.249 e. The molecule has 0 spiro atoms. The second kappa shape index (κ2) is 6.66. The van der Waals surface area contributed by atoms with Crippen molar-refractivity contribution in [3.63, 3.8) is 0 Å². The fraction of sp³-hybridized carbons (Fsp3) is 0.857. The average Bonchev–Trinajstić information content (AvgIpc) is 2.19. The molecule has 0 aliphatic heterocycles. The summed E-state index contributed by atoms with van der Waals surface area (Å²) in [5.74, 6) is -1.06. The van der Waals surface area contributed by atoms with Crippen LogP contribution in [0.15, 0.2) is 12.2 Å². The van der Waals surface area contributed by atoms with Gasteiger partial charge >= 0.3 is 0 Å². The molecule has 4 heteroatoms. The van der Waals surface area contributed by atoms with E-state index in [4.69, 9.17) is 19.6 Å². The third kappa shape index (κ3) is 9.59. The summed E-state index contributed by atoms with van der Waals surface area (Å²) in [6.45, 7) is 15.2. The average molecular weight is 260 g/mol. The molecule has 0 fully saturated rings. The van der Waals surface area contributed by atoms with Crippen molar-refractivity contribution in [3.8, 4) is 0 Å². The van der Waals surface area contributed by atoms with E-state index in [2.05, 4.69) is 0 Å². The smallest absolute Gasteiger partial charge is 0.228 e. The summed E-state index contributed by atoms with van der Waals surface area (Å²) in [4.78, 5) is 21.3. The lowest BCUT2D eigenvalue weighted by molar-refractivity contribution is -0.522.